The van der Waals surface area contributed by atoms with Crippen molar-refractivity contribution < 1.29 is 13.2 Å². The average molecular weight is 304 g/mol. The minimum atomic E-state index is -3.74. The summed E-state index contributed by atoms with van der Waals surface area (Å²) in [6.07, 6.45) is 0. The van der Waals surface area contributed by atoms with Crippen molar-refractivity contribution in [3.63, 3.8) is 0 Å². The predicted octanol–water partition coefficient (Wildman–Crippen LogP) is 2.07. The second-order valence-electron chi connectivity index (χ2n) is 4.61. The molecule has 21 heavy (non-hydrogen) atoms. The van der Waals surface area contributed by atoms with Crippen LogP contribution in [-0.2, 0) is 14.6 Å². The monoisotopic (exact) mass is 304 g/mol. The minimum absolute atomic E-state index is 0.0763. The second-order valence-corrected chi connectivity index (χ2v) is 6.88. The number of hydrogen-bond donors (Lipinski definition) is 2. The van der Waals surface area contributed by atoms with Crippen molar-refractivity contribution in [2.75, 3.05) is 11.1 Å². The molecular weight excluding hydrogens is 288 g/mol. The van der Waals surface area contributed by atoms with Gasteiger partial charge in [-0.15, -0.1) is 0 Å². The molecule has 2 aromatic rings. The Hall–Kier alpha value is -2.34. The van der Waals surface area contributed by atoms with Crippen LogP contribution in [0, 0.1) is 0 Å². The zero-order valence-corrected chi connectivity index (χ0v) is 12.3. The highest BCUT2D eigenvalue weighted by Crippen LogP contribution is 2.19. The lowest BCUT2D eigenvalue weighted by Gasteiger charge is -2.13. The molecule has 0 saturated carbocycles. The third-order valence-electron chi connectivity index (χ3n) is 3.08. The number of nitrogens with two attached hydrogens (primary N) is 1. The summed E-state index contributed by atoms with van der Waals surface area (Å²) in [7, 11) is -3.74. The molecule has 0 aromatic heterocycles. The van der Waals surface area contributed by atoms with Gasteiger partial charge in [0.2, 0.25) is 5.91 Å². The Balaban J connectivity index is 2.20. The fraction of sp³-hybridized carbons (Fsp3) is 0.133. The molecule has 0 saturated heterocycles. The van der Waals surface area contributed by atoms with Gasteiger partial charge in [0.25, 0.3) is 0 Å². The summed E-state index contributed by atoms with van der Waals surface area (Å²) in [6.45, 7) is 1.37. The van der Waals surface area contributed by atoms with Gasteiger partial charge < -0.3 is 11.1 Å². The Labute approximate surface area is 123 Å². The zero-order valence-electron chi connectivity index (χ0n) is 11.5. The lowest BCUT2D eigenvalue weighted by Crippen LogP contribution is -2.32. The molecule has 1 unspecified atom stereocenters. The van der Waals surface area contributed by atoms with E-state index in [9.17, 15) is 13.2 Å². The summed E-state index contributed by atoms with van der Waals surface area (Å²) in [5.74, 6) is -0.571. The number of sulfone groups is 1. The van der Waals surface area contributed by atoms with E-state index < -0.39 is 21.0 Å². The van der Waals surface area contributed by atoms with Gasteiger partial charge in [0, 0.05) is 11.4 Å². The van der Waals surface area contributed by atoms with Gasteiger partial charge in [0.15, 0.2) is 9.84 Å². The van der Waals surface area contributed by atoms with Crippen LogP contribution >= 0.6 is 0 Å². The summed E-state index contributed by atoms with van der Waals surface area (Å²) in [4.78, 5) is 12.2. The number of carbonyl (C=O) groups excluding carboxylic acids is 1. The van der Waals surface area contributed by atoms with Gasteiger partial charge in [-0.25, -0.2) is 8.42 Å². The van der Waals surface area contributed by atoms with E-state index in [2.05, 4.69) is 5.32 Å². The van der Waals surface area contributed by atoms with Crippen LogP contribution in [0.15, 0.2) is 59.5 Å². The van der Waals surface area contributed by atoms with E-state index >= 15 is 0 Å². The van der Waals surface area contributed by atoms with E-state index in [4.69, 9.17) is 5.73 Å². The van der Waals surface area contributed by atoms with Crippen LogP contribution in [-0.4, -0.2) is 19.6 Å². The van der Waals surface area contributed by atoms with Crippen LogP contribution in [0.25, 0.3) is 0 Å². The van der Waals surface area contributed by atoms with Gasteiger partial charge in [-0.1, -0.05) is 18.2 Å². The Morgan fingerprint density at radius 3 is 2.19 bits per heavy atom. The summed E-state index contributed by atoms with van der Waals surface area (Å²) in [5, 5.41) is 1.39. The molecular formula is C15H16N2O3S. The Kier molecular flexibility index (Phi) is 4.28. The van der Waals surface area contributed by atoms with Gasteiger partial charge in [-0.2, -0.15) is 0 Å². The first-order valence-electron chi connectivity index (χ1n) is 6.36. The standard InChI is InChI=1S/C15H16N2O3S/c1-11(15(18)17-13-5-3-2-4-6-13)21(19,20)14-9-7-12(16)8-10-14/h2-11H,16H2,1H3,(H,17,18). The summed E-state index contributed by atoms with van der Waals surface area (Å²) in [6, 6.07) is 14.5. The van der Waals surface area contributed by atoms with Crippen LogP contribution in [0.4, 0.5) is 11.4 Å². The SMILES string of the molecule is CC(C(=O)Nc1ccccc1)S(=O)(=O)c1ccc(N)cc1. The highest BCUT2D eigenvalue weighted by molar-refractivity contribution is 7.92. The van der Waals surface area contributed by atoms with Crippen LogP contribution in [0.1, 0.15) is 6.92 Å². The van der Waals surface area contributed by atoms with E-state index in [1.807, 2.05) is 6.07 Å². The first-order valence-corrected chi connectivity index (χ1v) is 7.91. The molecule has 0 fully saturated rings. The smallest absolute Gasteiger partial charge is 0.242 e. The number of nitrogens with one attached hydrogen (secondary N) is 1. The van der Waals surface area contributed by atoms with Crippen molar-refractivity contribution in [3.8, 4) is 0 Å². The molecule has 0 heterocycles. The molecule has 0 aliphatic carbocycles. The topological polar surface area (TPSA) is 89.3 Å². The molecule has 0 aliphatic heterocycles. The number of hydrogen-bond acceptors (Lipinski definition) is 4. The normalized spacial score (nSPS) is 12.6. The van der Waals surface area contributed by atoms with Crippen LogP contribution in [0.2, 0.25) is 0 Å². The lowest BCUT2D eigenvalue weighted by atomic mass is 10.3. The maximum atomic E-state index is 12.4. The molecule has 0 spiro atoms. The van der Waals surface area contributed by atoms with Gasteiger partial charge in [-0.05, 0) is 43.3 Å². The van der Waals surface area contributed by atoms with E-state index in [1.165, 1.54) is 31.2 Å². The molecule has 0 radical (unpaired) electrons. The number of rotatable bonds is 4. The quantitative estimate of drug-likeness (QED) is 0.846. The second kappa shape index (κ2) is 5.97. The van der Waals surface area contributed by atoms with Gasteiger partial charge >= 0.3 is 0 Å². The maximum Gasteiger partial charge on any atom is 0.242 e. The number of para-hydroxylation sites is 1. The minimum Gasteiger partial charge on any atom is -0.399 e. The van der Waals surface area contributed by atoms with Crippen molar-refractivity contribution in [2.24, 2.45) is 0 Å². The highest BCUT2D eigenvalue weighted by Gasteiger charge is 2.29. The van der Waals surface area contributed by atoms with Crippen molar-refractivity contribution in [3.05, 3.63) is 54.6 Å². The summed E-state index contributed by atoms with van der Waals surface area (Å²) < 4.78 is 24.7. The van der Waals surface area contributed by atoms with Crippen LogP contribution in [0.5, 0.6) is 0 Å². The third-order valence-corrected chi connectivity index (χ3v) is 5.16. The molecule has 1 atom stereocenters. The molecule has 0 aliphatic rings. The van der Waals surface area contributed by atoms with E-state index in [0.717, 1.165) is 0 Å². The van der Waals surface area contributed by atoms with E-state index in [-0.39, 0.29) is 4.90 Å². The summed E-state index contributed by atoms with van der Waals surface area (Å²) >= 11 is 0. The van der Waals surface area contributed by atoms with E-state index in [1.54, 1.807) is 24.3 Å². The van der Waals surface area contributed by atoms with Gasteiger partial charge in [-0.3, -0.25) is 4.79 Å². The Morgan fingerprint density at radius 2 is 1.62 bits per heavy atom. The van der Waals surface area contributed by atoms with Crippen molar-refractivity contribution >= 4 is 27.1 Å². The largest absolute Gasteiger partial charge is 0.399 e. The van der Waals surface area contributed by atoms with Gasteiger partial charge in [0.1, 0.15) is 5.25 Å². The number of nitrogen functional groups attached to an aromatic ring is 1. The predicted molar refractivity (Wildman–Crippen MR) is 82.6 cm³/mol. The Morgan fingerprint density at radius 1 is 1.05 bits per heavy atom. The fourth-order valence-electron chi connectivity index (χ4n) is 1.77. The fourth-order valence-corrected chi connectivity index (χ4v) is 3.03. The molecule has 3 N–H and O–H groups in total. The number of amides is 1. The molecule has 2 aromatic carbocycles. The molecule has 2 rings (SSSR count). The Bertz CT molecular complexity index is 725. The van der Waals surface area contributed by atoms with Crippen molar-refractivity contribution in [2.45, 2.75) is 17.1 Å². The van der Waals surface area contributed by atoms with Crippen molar-refractivity contribution in [1.82, 2.24) is 0 Å². The molecule has 5 nitrogen and oxygen atoms in total. The summed E-state index contributed by atoms with van der Waals surface area (Å²) in [5.41, 5.74) is 6.56. The maximum absolute atomic E-state index is 12.4. The number of benzene rings is 2. The lowest BCUT2D eigenvalue weighted by molar-refractivity contribution is -0.115. The van der Waals surface area contributed by atoms with Crippen molar-refractivity contribution in [1.29, 1.82) is 0 Å². The molecule has 0 bridgehead atoms. The zero-order chi connectivity index (χ0) is 15.5. The first-order chi connectivity index (χ1) is 9.91. The van der Waals surface area contributed by atoms with Gasteiger partial charge in [0.05, 0.1) is 4.90 Å². The molecule has 1 amide bonds. The van der Waals surface area contributed by atoms with Crippen LogP contribution < -0.4 is 11.1 Å². The van der Waals surface area contributed by atoms with E-state index in [0.29, 0.717) is 11.4 Å². The number of anilines is 2. The highest BCUT2D eigenvalue weighted by atomic mass is 32.2. The first kappa shape index (κ1) is 15.1. The molecule has 6 heteroatoms. The third kappa shape index (κ3) is 3.41. The number of carbonyl (C=O) groups is 1. The average Bonchev–Trinajstić information content (AvgIpc) is 2.48. The van der Waals surface area contributed by atoms with Crippen LogP contribution in [0.3, 0.4) is 0 Å². The molecule has 110 valence electrons.